The monoisotopic (exact) mass is 372 g/mol. The van der Waals surface area contributed by atoms with E-state index in [-0.39, 0.29) is 22.4 Å². The molecule has 0 saturated carbocycles. The highest BCUT2D eigenvalue weighted by Crippen LogP contribution is 2.31. The minimum atomic E-state index is -0.408. The molecule has 0 unspecified atom stereocenters. The van der Waals surface area contributed by atoms with E-state index in [0.717, 1.165) is 38.2 Å². The van der Waals surface area contributed by atoms with Gasteiger partial charge in [0, 0.05) is 61.8 Å². The molecule has 0 bridgehead atoms. The molecule has 1 atom stereocenters. The van der Waals surface area contributed by atoms with Crippen molar-refractivity contribution in [3.8, 4) is 0 Å². The number of carbonyl (C=O) groups is 1. The molecule has 2 aromatic rings. The van der Waals surface area contributed by atoms with Gasteiger partial charge in [0.15, 0.2) is 5.43 Å². The summed E-state index contributed by atoms with van der Waals surface area (Å²) < 4.78 is 14.1. The number of aromatic amines is 1. The quantitative estimate of drug-likeness (QED) is 0.837. The third kappa shape index (κ3) is 3.49. The van der Waals surface area contributed by atoms with Gasteiger partial charge in [-0.15, -0.1) is 0 Å². The Morgan fingerprint density at radius 2 is 2.07 bits per heavy atom. The van der Waals surface area contributed by atoms with Crippen LogP contribution in [0, 0.1) is 5.82 Å². The van der Waals surface area contributed by atoms with Crippen molar-refractivity contribution in [1.82, 2.24) is 20.1 Å². The third-order valence-corrected chi connectivity index (χ3v) is 6.07. The standard InChI is InChI=1S/C20H25FN4O2/c1-24-9-10-25(13-20(24)6-5-18(27)22-8-7-20)12-14-11-17(26)15-3-2-4-16(21)19(15)23-14/h2-4,11H,5-10,12-13H2,1H3,(H,22,27)(H,23,26)/t20-/m0/s1. The minimum absolute atomic E-state index is 0.0419. The lowest BCUT2D eigenvalue weighted by Crippen LogP contribution is -2.60. The highest BCUT2D eigenvalue weighted by Gasteiger charge is 2.40. The number of benzene rings is 1. The SMILES string of the molecule is CN1CCN(Cc2cc(=O)c3cccc(F)c3[nH]2)C[C@]12CCNC(=O)CC2. The van der Waals surface area contributed by atoms with Crippen LogP contribution in [0.2, 0.25) is 0 Å². The van der Waals surface area contributed by atoms with E-state index in [1.165, 1.54) is 6.07 Å². The van der Waals surface area contributed by atoms with Crippen molar-refractivity contribution in [2.24, 2.45) is 0 Å². The van der Waals surface area contributed by atoms with Gasteiger partial charge >= 0.3 is 0 Å². The maximum absolute atomic E-state index is 14.1. The Morgan fingerprint density at radius 3 is 2.93 bits per heavy atom. The molecule has 1 amide bonds. The molecule has 6 nitrogen and oxygen atoms in total. The number of nitrogens with zero attached hydrogens (tertiary/aromatic N) is 2. The lowest BCUT2D eigenvalue weighted by Gasteiger charge is -2.49. The summed E-state index contributed by atoms with van der Waals surface area (Å²) in [6, 6.07) is 6.13. The van der Waals surface area contributed by atoms with Crippen LogP contribution in [0.25, 0.3) is 10.9 Å². The number of pyridine rings is 1. The molecular formula is C20H25FN4O2. The molecule has 2 saturated heterocycles. The van der Waals surface area contributed by atoms with E-state index >= 15 is 0 Å². The number of aromatic nitrogens is 1. The van der Waals surface area contributed by atoms with E-state index in [1.807, 2.05) is 0 Å². The van der Waals surface area contributed by atoms with E-state index in [1.54, 1.807) is 18.2 Å². The lowest BCUT2D eigenvalue weighted by molar-refractivity contribution is -0.121. The molecule has 0 radical (unpaired) electrons. The summed E-state index contributed by atoms with van der Waals surface area (Å²) >= 11 is 0. The van der Waals surface area contributed by atoms with E-state index < -0.39 is 5.82 Å². The number of piperazine rings is 1. The smallest absolute Gasteiger partial charge is 0.220 e. The lowest BCUT2D eigenvalue weighted by atomic mass is 9.86. The largest absolute Gasteiger partial charge is 0.356 e. The Balaban J connectivity index is 1.58. The first-order valence-corrected chi connectivity index (χ1v) is 9.48. The van der Waals surface area contributed by atoms with Crippen LogP contribution in [0.4, 0.5) is 4.39 Å². The number of amides is 1. The van der Waals surface area contributed by atoms with Gasteiger partial charge in [0.2, 0.25) is 5.91 Å². The first-order chi connectivity index (χ1) is 13.0. The molecular weight excluding hydrogens is 347 g/mol. The number of halogens is 1. The van der Waals surface area contributed by atoms with Crippen LogP contribution in [0.15, 0.2) is 29.1 Å². The van der Waals surface area contributed by atoms with Gasteiger partial charge in [0.05, 0.1) is 5.52 Å². The summed E-state index contributed by atoms with van der Waals surface area (Å²) in [6.07, 6.45) is 2.28. The number of para-hydroxylation sites is 1. The van der Waals surface area contributed by atoms with Gasteiger partial charge in [0.1, 0.15) is 5.82 Å². The molecule has 1 spiro atoms. The zero-order valence-corrected chi connectivity index (χ0v) is 15.6. The normalized spacial score (nSPS) is 24.9. The highest BCUT2D eigenvalue weighted by molar-refractivity contribution is 5.79. The summed E-state index contributed by atoms with van der Waals surface area (Å²) in [5.41, 5.74) is 0.791. The predicted molar refractivity (Wildman–Crippen MR) is 102 cm³/mol. The predicted octanol–water partition coefficient (Wildman–Crippen LogP) is 1.45. The molecule has 144 valence electrons. The second-order valence-electron chi connectivity index (χ2n) is 7.78. The van der Waals surface area contributed by atoms with Gasteiger partial charge in [-0.05, 0) is 32.0 Å². The van der Waals surface area contributed by atoms with Crippen molar-refractivity contribution in [2.75, 3.05) is 33.2 Å². The summed E-state index contributed by atoms with van der Waals surface area (Å²) in [5.74, 6) is -0.290. The first kappa shape index (κ1) is 18.1. The fraction of sp³-hybridized carbons (Fsp3) is 0.500. The van der Waals surface area contributed by atoms with Crippen molar-refractivity contribution in [1.29, 1.82) is 0 Å². The highest BCUT2D eigenvalue weighted by atomic mass is 19.1. The van der Waals surface area contributed by atoms with Crippen LogP contribution in [0.1, 0.15) is 25.0 Å². The third-order valence-electron chi connectivity index (χ3n) is 6.07. The van der Waals surface area contributed by atoms with Crippen LogP contribution in [0.3, 0.4) is 0 Å². The molecule has 2 fully saturated rings. The Morgan fingerprint density at radius 1 is 1.22 bits per heavy atom. The zero-order valence-electron chi connectivity index (χ0n) is 15.6. The van der Waals surface area contributed by atoms with Crippen LogP contribution < -0.4 is 10.7 Å². The van der Waals surface area contributed by atoms with Gasteiger partial charge < -0.3 is 10.3 Å². The van der Waals surface area contributed by atoms with Crippen molar-refractivity contribution in [2.45, 2.75) is 31.3 Å². The number of nitrogens with one attached hydrogen (secondary N) is 2. The molecule has 7 heteroatoms. The van der Waals surface area contributed by atoms with Gasteiger partial charge in [0.25, 0.3) is 0 Å². The second-order valence-corrected chi connectivity index (χ2v) is 7.78. The Hall–Kier alpha value is -2.25. The number of hydrogen-bond acceptors (Lipinski definition) is 4. The second kappa shape index (κ2) is 7.05. The minimum Gasteiger partial charge on any atom is -0.356 e. The fourth-order valence-electron chi connectivity index (χ4n) is 4.43. The number of fused-ring (bicyclic) bond motifs is 1. The van der Waals surface area contributed by atoms with E-state index in [2.05, 4.69) is 27.1 Å². The zero-order chi connectivity index (χ0) is 19.0. The number of hydrogen-bond donors (Lipinski definition) is 2. The van der Waals surface area contributed by atoms with E-state index in [4.69, 9.17) is 0 Å². The number of carbonyl (C=O) groups excluding carboxylic acids is 1. The summed E-state index contributed by atoms with van der Waals surface area (Å²) in [7, 11) is 2.13. The average molecular weight is 372 g/mol. The summed E-state index contributed by atoms with van der Waals surface area (Å²) in [5, 5.41) is 3.34. The summed E-state index contributed by atoms with van der Waals surface area (Å²) in [4.78, 5) is 31.9. The Kier molecular flexibility index (Phi) is 4.74. The molecule has 3 heterocycles. The molecule has 27 heavy (non-hydrogen) atoms. The molecule has 2 aliphatic heterocycles. The molecule has 2 aliphatic rings. The summed E-state index contributed by atoms with van der Waals surface area (Å²) in [6.45, 7) is 3.86. The van der Waals surface area contributed by atoms with Crippen molar-refractivity contribution in [3.05, 3.63) is 46.0 Å². The maximum Gasteiger partial charge on any atom is 0.220 e. The van der Waals surface area contributed by atoms with Gasteiger partial charge in [-0.1, -0.05) is 6.07 Å². The van der Waals surface area contributed by atoms with Crippen molar-refractivity contribution < 1.29 is 9.18 Å². The Bertz CT molecular complexity index is 928. The van der Waals surface area contributed by atoms with Crippen molar-refractivity contribution >= 4 is 16.8 Å². The molecule has 0 aliphatic carbocycles. The van der Waals surface area contributed by atoms with Crippen LogP contribution in [-0.4, -0.2) is 59.5 Å². The fourth-order valence-corrected chi connectivity index (χ4v) is 4.43. The maximum atomic E-state index is 14.1. The van der Waals surface area contributed by atoms with Gasteiger partial charge in [-0.3, -0.25) is 19.4 Å². The first-order valence-electron chi connectivity index (χ1n) is 9.48. The van der Waals surface area contributed by atoms with Gasteiger partial charge in [-0.25, -0.2) is 4.39 Å². The van der Waals surface area contributed by atoms with Crippen LogP contribution in [-0.2, 0) is 11.3 Å². The van der Waals surface area contributed by atoms with Crippen LogP contribution in [0.5, 0.6) is 0 Å². The van der Waals surface area contributed by atoms with E-state index in [0.29, 0.717) is 24.9 Å². The molecule has 1 aromatic heterocycles. The van der Waals surface area contributed by atoms with E-state index in [9.17, 15) is 14.0 Å². The Labute approximate surface area is 157 Å². The molecule has 4 rings (SSSR count). The van der Waals surface area contributed by atoms with Gasteiger partial charge in [-0.2, -0.15) is 0 Å². The van der Waals surface area contributed by atoms with Crippen molar-refractivity contribution in [3.63, 3.8) is 0 Å². The molecule has 2 N–H and O–H groups in total. The number of rotatable bonds is 2. The van der Waals surface area contributed by atoms with Crippen LogP contribution >= 0.6 is 0 Å². The number of H-pyrrole nitrogens is 1. The average Bonchev–Trinajstić information content (AvgIpc) is 2.82. The molecule has 1 aromatic carbocycles. The number of likely N-dealkylation sites (N-methyl/N-ethyl adjacent to an activating group) is 1. The topological polar surface area (TPSA) is 68.4 Å².